The Morgan fingerprint density at radius 2 is 1.54 bits per heavy atom. The number of fused-ring (bicyclic) bond motifs is 6. The first-order chi connectivity index (χ1) is 37.6. The zero-order valence-corrected chi connectivity index (χ0v) is 43.5. The lowest BCUT2D eigenvalue weighted by Crippen LogP contribution is -2.56. The Balaban J connectivity index is 1.00. The Bertz CT molecular complexity index is 3080. The van der Waals surface area contributed by atoms with E-state index in [4.69, 9.17) is 39.0 Å². The van der Waals surface area contributed by atoms with E-state index in [1.807, 2.05) is 48.5 Å². The van der Waals surface area contributed by atoms with Crippen LogP contribution in [-0.4, -0.2) is 137 Å². The van der Waals surface area contributed by atoms with Crippen LogP contribution in [0.3, 0.4) is 0 Å². The van der Waals surface area contributed by atoms with Crippen molar-refractivity contribution in [3.05, 3.63) is 124 Å². The highest BCUT2D eigenvalue weighted by Gasteiger charge is 2.51. The number of aliphatic hydroxyl groups excluding tert-OH is 1. The van der Waals surface area contributed by atoms with Gasteiger partial charge in [-0.3, -0.25) is 33.6 Å². The second kappa shape index (κ2) is 23.4. The smallest absolute Gasteiger partial charge is 0.408 e. The van der Waals surface area contributed by atoms with Gasteiger partial charge in [0.25, 0.3) is 5.91 Å². The number of Topliss-reactive ketones (excluding diaryl/α,β-unsaturated/α-hetero) is 1. The molecule has 4 aliphatic rings. The van der Waals surface area contributed by atoms with Gasteiger partial charge in [0.2, 0.25) is 17.5 Å². The largest absolute Gasteiger partial charge is 0.507 e. The topological polar surface area (TPSA) is 344 Å². The van der Waals surface area contributed by atoms with Crippen LogP contribution in [0, 0.1) is 5.41 Å². The number of aliphatic hydroxyl groups is 2. The molecule has 0 unspecified atom stereocenters. The summed E-state index contributed by atoms with van der Waals surface area (Å²) in [6.07, 6.45) is -8.38. The molecule has 1 fully saturated rings. The minimum atomic E-state index is -2.61. The molecule has 9 N–H and O–H groups in total. The molecular formula is C56H60N4O19. The molecule has 23 nitrogen and oxygen atoms in total. The second-order valence-corrected chi connectivity index (χ2v) is 20.2. The lowest BCUT2D eigenvalue weighted by molar-refractivity contribution is -0.249. The van der Waals surface area contributed by atoms with Crippen LogP contribution < -0.4 is 26.6 Å². The number of hydroxylamine groups is 1. The molecule has 1 aliphatic heterocycles. The van der Waals surface area contributed by atoms with Gasteiger partial charge >= 0.3 is 18.2 Å². The molecule has 23 heteroatoms. The number of nitrogens with one attached hydrogen (secondary N) is 3. The number of rotatable bonds is 20. The maximum Gasteiger partial charge on any atom is 0.408 e. The highest BCUT2D eigenvalue weighted by molar-refractivity contribution is 6.31. The van der Waals surface area contributed by atoms with Gasteiger partial charge in [0, 0.05) is 48.3 Å². The van der Waals surface area contributed by atoms with E-state index in [9.17, 15) is 58.8 Å². The van der Waals surface area contributed by atoms with Crippen molar-refractivity contribution in [3.63, 3.8) is 0 Å². The van der Waals surface area contributed by atoms with E-state index >= 15 is 0 Å². The van der Waals surface area contributed by atoms with Gasteiger partial charge in [-0.2, -0.15) is 0 Å². The Labute approximate surface area is 452 Å². The van der Waals surface area contributed by atoms with E-state index < -0.39 is 144 Å². The third-order valence-corrected chi connectivity index (χ3v) is 14.4. The molecule has 1 saturated heterocycles. The molecule has 0 aromatic heterocycles. The molecule has 0 spiro atoms. The molecule has 79 heavy (non-hydrogen) atoms. The Morgan fingerprint density at radius 3 is 2.20 bits per heavy atom. The first-order valence-corrected chi connectivity index (χ1v) is 25.2. The minimum absolute atomic E-state index is 0.000233. The fourth-order valence-electron chi connectivity index (χ4n) is 10.3. The standard InChI is InChI=1S/C56H60N4O19/c1-6-20-74-53(70)58-35(18-19-40(57)62)51(68)60-77-26-55(3,4)52(69)75-25-39(61)56(72)22-33-43(50(67)45-44(48(33)65)47(64)32-16-11-17-37(73-5)42(32)49(45)66)38(23-56)79-41-21-36(46(63)27(2)78-41)59-54(71)76-24-34-30-14-9-7-12-28(30)29-13-8-10-15-31(29)34/h6-17,27,34-36,38,41,46,63,65,67,72H,1,18-26H2,2-5H3,(H2,57,62)(H,58,70)(H,59,71)(H,60,68)/t27-,35-,36-,38-,41-,46+,56-/m0/s1. The van der Waals surface area contributed by atoms with Crippen molar-refractivity contribution in [2.75, 3.05) is 33.5 Å². The van der Waals surface area contributed by atoms with Gasteiger partial charge in [0.1, 0.15) is 48.2 Å². The number of nitrogens with two attached hydrogens (primary N) is 1. The molecule has 8 rings (SSSR count). The number of phenolic OH excluding ortho intramolecular Hbond substituents is 2. The van der Waals surface area contributed by atoms with Gasteiger partial charge in [-0.05, 0) is 55.5 Å². The number of aromatic hydroxyl groups is 2. The highest BCUT2D eigenvalue weighted by atomic mass is 16.7. The summed E-state index contributed by atoms with van der Waals surface area (Å²) in [5.74, 6) is -7.66. The van der Waals surface area contributed by atoms with Crippen molar-refractivity contribution in [3.8, 4) is 28.4 Å². The molecule has 7 atom stereocenters. The molecular weight excluding hydrogens is 1030 g/mol. The summed E-state index contributed by atoms with van der Waals surface area (Å²) >= 11 is 0. The fourth-order valence-corrected chi connectivity index (χ4v) is 10.3. The average Bonchev–Trinajstić information content (AvgIpc) is 3.83. The van der Waals surface area contributed by atoms with Gasteiger partial charge in [-0.15, -0.1) is 0 Å². The first kappa shape index (κ1) is 57.0. The maximum absolute atomic E-state index is 14.3. The van der Waals surface area contributed by atoms with Gasteiger partial charge < -0.3 is 65.2 Å². The second-order valence-electron chi connectivity index (χ2n) is 20.2. The van der Waals surface area contributed by atoms with E-state index in [2.05, 4.69) is 22.7 Å². The number of hydrogen-bond donors (Lipinski definition) is 8. The molecule has 0 radical (unpaired) electrons. The molecule has 0 bridgehead atoms. The Kier molecular flexibility index (Phi) is 16.9. The van der Waals surface area contributed by atoms with E-state index in [1.165, 1.54) is 52.2 Å². The number of esters is 1. The van der Waals surface area contributed by atoms with Crippen LogP contribution in [0.25, 0.3) is 11.1 Å². The number of benzene rings is 4. The van der Waals surface area contributed by atoms with Crippen molar-refractivity contribution in [1.82, 2.24) is 16.1 Å². The van der Waals surface area contributed by atoms with Crippen LogP contribution in [0.15, 0.2) is 79.4 Å². The zero-order chi connectivity index (χ0) is 57.1. The third-order valence-electron chi connectivity index (χ3n) is 14.4. The average molecular weight is 1090 g/mol. The van der Waals surface area contributed by atoms with Crippen molar-refractivity contribution in [1.29, 1.82) is 0 Å². The van der Waals surface area contributed by atoms with Gasteiger partial charge in [-0.25, -0.2) is 15.1 Å². The Hall–Kier alpha value is -8.22. The van der Waals surface area contributed by atoms with Crippen molar-refractivity contribution in [2.45, 2.75) is 101 Å². The van der Waals surface area contributed by atoms with E-state index in [0.717, 1.165) is 22.3 Å². The van der Waals surface area contributed by atoms with Gasteiger partial charge in [-0.1, -0.05) is 73.3 Å². The SMILES string of the molecule is C=CCOC(=O)N[C@@H](CCC(N)=O)C(=O)NOCC(C)(C)C(=O)OCC(=O)[C@]1(O)Cc2c(O)c3c(c(O)c2[C@@H](O[C@H]2C[C@H](NC(=O)OCC4c5ccccc5-c5ccccc54)[C@H](O)[C@H](C)O2)C1)C(=O)c1c(OC)cccc1C3=O. The summed E-state index contributed by atoms with van der Waals surface area (Å²) in [6, 6.07) is 17.3. The number of carbonyl (C=O) groups excluding carboxylic acids is 8. The lowest BCUT2D eigenvalue weighted by atomic mass is 9.72. The predicted octanol–water partition coefficient (Wildman–Crippen LogP) is 3.75. The summed E-state index contributed by atoms with van der Waals surface area (Å²) in [6.45, 7) is 5.70. The van der Waals surface area contributed by atoms with Crippen LogP contribution in [-0.2, 0) is 54.1 Å². The molecule has 1 heterocycles. The monoisotopic (exact) mass is 1090 g/mol. The van der Waals surface area contributed by atoms with Crippen LogP contribution in [0.2, 0.25) is 0 Å². The molecule has 4 aromatic rings. The zero-order valence-electron chi connectivity index (χ0n) is 43.5. The van der Waals surface area contributed by atoms with E-state index in [1.54, 1.807) is 0 Å². The van der Waals surface area contributed by atoms with Gasteiger partial charge in [0.15, 0.2) is 18.7 Å². The molecule has 0 saturated carbocycles. The van der Waals surface area contributed by atoms with Crippen LogP contribution >= 0.6 is 0 Å². The number of primary amides is 1. The van der Waals surface area contributed by atoms with Crippen molar-refractivity contribution < 1.29 is 92.0 Å². The van der Waals surface area contributed by atoms with Crippen molar-refractivity contribution >= 4 is 47.3 Å². The lowest BCUT2D eigenvalue weighted by Gasteiger charge is -2.42. The molecule has 3 aliphatic carbocycles. The number of hydrogen-bond acceptors (Lipinski definition) is 19. The summed E-state index contributed by atoms with van der Waals surface area (Å²) in [7, 11) is 1.28. The van der Waals surface area contributed by atoms with Crippen LogP contribution in [0.4, 0.5) is 9.59 Å². The minimum Gasteiger partial charge on any atom is -0.507 e. The number of alkyl carbamates (subject to hydrolysis) is 2. The maximum atomic E-state index is 14.3. The fraction of sp³-hybridized carbons (Fsp3) is 0.393. The number of amides is 4. The Morgan fingerprint density at radius 1 is 0.886 bits per heavy atom. The number of phenols is 2. The summed E-state index contributed by atoms with van der Waals surface area (Å²) in [5, 5.41) is 52.9. The van der Waals surface area contributed by atoms with Crippen LogP contribution in [0.5, 0.6) is 17.2 Å². The summed E-state index contributed by atoms with van der Waals surface area (Å²) in [4.78, 5) is 112. The highest BCUT2D eigenvalue weighted by Crippen LogP contribution is 2.53. The predicted molar refractivity (Wildman–Crippen MR) is 274 cm³/mol. The first-order valence-electron chi connectivity index (χ1n) is 25.2. The van der Waals surface area contributed by atoms with Gasteiger partial charge in [0.05, 0.1) is 54.1 Å². The quantitative estimate of drug-likeness (QED) is 0.0181. The normalized spacial score (nSPS) is 21.4. The van der Waals surface area contributed by atoms with Crippen LogP contribution in [0.1, 0.15) is 113 Å². The van der Waals surface area contributed by atoms with Crippen molar-refractivity contribution in [2.24, 2.45) is 11.1 Å². The van der Waals surface area contributed by atoms with E-state index in [0.29, 0.717) is 0 Å². The number of ether oxygens (including phenoxy) is 6. The molecule has 4 aromatic carbocycles. The molecule has 418 valence electrons. The molecule has 4 amide bonds. The summed E-state index contributed by atoms with van der Waals surface area (Å²) in [5.41, 5.74) is 4.79. The number of carbonyl (C=O) groups is 8. The third kappa shape index (κ3) is 11.7. The summed E-state index contributed by atoms with van der Waals surface area (Å²) < 4.78 is 33.8. The number of methoxy groups -OCH3 is 1. The van der Waals surface area contributed by atoms with E-state index in [-0.39, 0.29) is 66.4 Å². The number of ketones is 3.